The minimum Gasteiger partial charge on any atom is -0.445 e. The molecular weight excluding hydrogens is 295 g/mol. The van der Waals surface area contributed by atoms with E-state index in [2.05, 4.69) is 16.8 Å². The van der Waals surface area contributed by atoms with Gasteiger partial charge in [-0.05, 0) is 24.1 Å². The zero-order valence-corrected chi connectivity index (χ0v) is 10.7. The molecule has 0 aliphatic heterocycles. The Kier molecular flexibility index (Phi) is 4.21. The first-order valence-corrected chi connectivity index (χ1v) is 6.57. The van der Waals surface area contributed by atoms with Crippen LogP contribution in [-0.4, -0.2) is 15.4 Å². The van der Waals surface area contributed by atoms with E-state index in [0.29, 0.717) is 6.07 Å². The highest BCUT2D eigenvalue weighted by molar-refractivity contribution is 7.81. The van der Waals surface area contributed by atoms with Crippen molar-refractivity contribution in [1.29, 1.82) is 0 Å². The van der Waals surface area contributed by atoms with E-state index in [4.69, 9.17) is 0 Å². The van der Waals surface area contributed by atoms with Gasteiger partial charge in [-0.3, -0.25) is 0 Å². The molecule has 10 heteroatoms. The Hall–Kier alpha value is -0.895. The Bertz CT molecular complexity index is 556. The average molecular weight is 303 g/mol. The van der Waals surface area contributed by atoms with Gasteiger partial charge in [0.05, 0.1) is 0 Å². The normalized spacial score (nSPS) is 12.6. The molecule has 0 amide bonds. The number of halogens is 4. The molecule has 0 aromatic heterocycles. The maximum atomic E-state index is 12.6. The third kappa shape index (κ3) is 3.80. The van der Waals surface area contributed by atoms with Gasteiger partial charge in [0.1, 0.15) is 5.75 Å². The second kappa shape index (κ2) is 5.00. The van der Waals surface area contributed by atoms with Crippen molar-refractivity contribution in [2.75, 3.05) is 0 Å². The quantitative estimate of drug-likeness (QED) is 0.401. The van der Waals surface area contributed by atoms with Crippen LogP contribution in [0.1, 0.15) is 11.1 Å². The van der Waals surface area contributed by atoms with Crippen molar-refractivity contribution < 1.29 is 29.4 Å². The highest BCUT2D eigenvalue weighted by atomic mass is 32.3. The lowest BCUT2D eigenvalue weighted by molar-refractivity contribution is 0.438. The number of benzene rings is 1. The van der Waals surface area contributed by atoms with Gasteiger partial charge in [0.2, 0.25) is 0 Å². The van der Waals surface area contributed by atoms with Gasteiger partial charge < -0.3 is 17.1 Å². The largest absolute Gasteiger partial charge is 0.509 e. The fourth-order valence-corrected chi connectivity index (χ4v) is 2.03. The summed E-state index contributed by atoms with van der Waals surface area (Å²) in [5, 5.41) is 0. The van der Waals surface area contributed by atoms with Crippen LogP contribution in [0, 0.1) is 6.92 Å². The van der Waals surface area contributed by atoms with Gasteiger partial charge in [-0.2, -0.15) is 21.0 Å². The van der Waals surface area contributed by atoms with Gasteiger partial charge in [0.15, 0.2) is 0 Å². The van der Waals surface area contributed by atoms with E-state index in [0.717, 1.165) is 6.07 Å². The molecule has 0 saturated carbocycles. The van der Waals surface area contributed by atoms with Crippen molar-refractivity contribution in [3.8, 4) is 5.75 Å². The highest BCUT2D eigenvalue weighted by Gasteiger charge is 2.28. The van der Waals surface area contributed by atoms with Crippen molar-refractivity contribution >= 4 is 35.6 Å². The van der Waals surface area contributed by atoms with Gasteiger partial charge in [-0.15, -0.1) is 5.46 Å². The first-order chi connectivity index (χ1) is 8.04. The van der Waals surface area contributed by atoms with E-state index in [-0.39, 0.29) is 16.9 Å². The van der Waals surface area contributed by atoms with Gasteiger partial charge >= 0.3 is 17.5 Å². The lowest BCUT2D eigenvalue weighted by Gasteiger charge is -2.19. The highest BCUT2D eigenvalue weighted by Crippen LogP contribution is 2.25. The molecule has 102 valence electrons. The SMILES string of the molecule is Cc1c(CS)cc([B-](F)(F)F)cc1OS(=O)(=O)F. The molecule has 0 bridgehead atoms. The summed E-state index contributed by atoms with van der Waals surface area (Å²) in [7, 11) is -5.37. The lowest BCUT2D eigenvalue weighted by atomic mass is 9.78. The van der Waals surface area contributed by atoms with Crippen LogP contribution in [0.3, 0.4) is 0 Å². The molecule has 18 heavy (non-hydrogen) atoms. The minimum atomic E-state index is -5.37. The van der Waals surface area contributed by atoms with Crippen molar-refractivity contribution in [2.45, 2.75) is 12.7 Å². The standard InChI is InChI=1S/C8H8BF4O3S2/c1-5-6(4-17)2-7(9(10,11)12)3-8(5)16-18(13,14)15/h2-3,17H,4H2,1H3/q-1. The predicted molar refractivity (Wildman–Crippen MR) is 63.2 cm³/mol. The van der Waals surface area contributed by atoms with Crippen LogP contribution in [0.15, 0.2) is 12.1 Å². The van der Waals surface area contributed by atoms with Gasteiger partial charge in [0, 0.05) is 5.75 Å². The van der Waals surface area contributed by atoms with Crippen molar-refractivity contribution in [3.63, 3.8) is 0 Å². The van der Waals surface area contributed by atoms with Crippen molar-refractivity contribution in [3.05, 3.63) is 23.3 Å². The molecule has 0 N–H and O–H groups in total. The molecule has 3 nitrogen and oxygen atoms in total. The Morgan fingerprint density at radius 3 is 2.28 bits per heavy atom. The summed E-state index contributed by atoms with van der Waals surface area (Å²) in [6.07, 6.45) is 0. The summed E-state index contributed by atoms with van der Waals surface area (Å²) >= 11 is 3.82. The average Bonchev–Trinajstić information content (AvgIpc) is 2.17. The first-order valence-electron chi connectivity index (χ1n) is 4.63. The van der Waals surface area contributed by atoms with E-state index >= 15 is 0 Å². The van der Waals surface area contributed by atoms with Crippen molar-refractivity contribution in [2.24, 2.45) is 0 Å². The molecule has 1 rings (SSSR count). The summed E-state index contributed by atoms with van der Waals surface area (Å²) in [4.78, 5) is 0. The first kappa shape index (κ1) is 15.2. The van der Waals surface area contributed by atoms with E-state index in [1.54, 1.807) is 0 Å². The molecule has 1 aromatic carbocycles. The Morgan fingerprint density at radius 1 is 1.33 bits per heavy atom. The van der Waals surface area contributed by atoms with Crippen LogP contribution in [-0.2, 0) is 16.3 Å². The maximum absolute atomic E-state index is 12.6. The predicted octanol–water partition coefficient (Wildman–Crippen LogP) is 2.07. The second-order valence-corrected chi connectivity index (χ2v) is 4.78. The smallest absolute Gasteiger partial charge is 0.445 e. The molecule has 0 saturated heterocycles. The molecule has 0 spiro atoms. The molecule has 0 aliphatic carbocycles. The van der Waals surface area contributed by atoms with E-state index < -0.39 is 28.7 Å². The van der Waals surface area contributed by atoms with E-state index in [9.17, 15) is 25.3 Å². The molecular formula is C8H8BF4O3S2-. The zero-order chi connectivity index (χ0) is 14.1. The van der Waals surface area contributed by atoms with Gasteiger partial charge in [-0.25, -0.2) is 0 Å². The number of rotatable bonds is 4. The fraction of sp³-hybridized carbons (Fsp3) is 0.250. The monoisotopic (exact) mass is 303 g/mol. The maximum Gasteiger partial charge on any atom is 0.509 e. The topological polar surface area (TPSA) is 43.4 Å². The van der Waals surface area contributed by atoms with Crippen LogP contribution in [0.5, 0.6) is 5.75 Å². The third-order valence-electron chi connectivity index (χ3n) is 2.23. The van der Waals surface area contributed by atoms with E-state index in [1.165, 1.54) is 6.92 Å². The van der Waals surface area contributed by atoms with Crippen LogP contribution < -0.4 is 9.65 Å². The molecule has 0 radical (unpaired) electrons. The second-order valence-electron chi connectivity index (χ2n) is 3.51. The molecule has 0 fully saturated rings. The molecule has 1 aromatic rings. The Labute approximate surface area is 107 Å². The van der Waals surface area contributed by atoms with Crippen molar-refractivity contribution in [1.82, 2.24) is 0 Å². The summed E-state index contributed by atoms with van der Waals surface area (Å²) in [6, 6.07) is 1.29. The Balaban J connectivity index is 3.41. The third-order valence-corrected chi connectivity index (χ3v) is 2.95. The van der Waals surface area contributed by atoms with E-state index in [1.807, 2.05) is 0 Å². The fourth-order valence-electron chi connectivity index (χ4n) is 1.32. The molecule has 0 heterocycles. The summed E-state index contributed by atoms with van der Waals surface area (Å²) in [6.45, 7) is -4.03. The molecule has 0 aliphatic rings. The van der Waals surface area contributed by atoms with Gasteiger partial charge in [-0.1, -0.05) is 9.95 Å². The Morgan fingerprint density at radius 2 is 1.89 bits per heavy atom. The van der Waals surface area contributed by atoms with Crippen LogP contribution in [0.4, 0.5) is 16.8 Å². The number of hydrogen-bond acceptors (Lipinski definition) is 4. The molecule has 0 atom stereocenters. The summed E-state index contributed by atoms with van der Waals surface area (Å²) in [5.74, 6) is -0.743. The van der Waals surface area contributed by atoms with Gasteiger partial charge in [0.25, 0.3) is 0 Å². The van der Waals surface area contributed by atoms with Crippen LogP contribution in [0.25, 0.3) is 0 Å². The summed E-state index contributed by atoms with van der Waals surface area (Å²) in [5.41, 5.74) is -0.855. The minimum absolute atomic E-state index is 0.0610. The zero-order valence-electron chi connectivity index (χ0n) is 9.03. The van der Waals surface area contributed by atoms with Crippen LogP contribution in [0.2, 0.25) is 0 Å². The summed E-state index contributed by atoms with van der Waals surface area (Å²) < 4.78 is 74.7. The lowest BCUT2D eigenvalue weighted by Crippen LogP contribution is -2.34. The van der Waals surface area contributed by atoms with Crippen LogP contribution >= 0.6 is 12.6 Å². The number of hydrogen-bond donors (Lipinski definition) is 1. The molecule has 0 unspecified atom stereocenters. The number of thiol groups is 1.